The van der Waals surface area contributed by atoms with Gasteiger partial charge in [0, 0.05) is 0 Å². The highest BCUT2D eigenvalue weighted by atomic mass is 32.2. The SMILES string of the molecule is O=S1(=O)CCC(Oc2ccc3c(c2)[C@H](O)CCC3)C1. The molecule has 3 rings (SSSR count). The summed E-state index contributed by atoms with van der Waals surface area (Å²) in [5.74, 6) is 0.986. The first-order valence-electron chi connectivity index (χ1n) is 6.71. The minimum Gasteiger partial charge on any atom is -0.489 e. The summed E-state index contributed by atoms with van der Waals surface area (Å²) in [6.07, 6.45) is 2.68. The van der Waals surface area contributed by atoms with E-state index in [1.807, 2.05) is 18.2 Å². The van der Waals surface area contributed by atoms with Crippen molar-refractivity contribution in [3.8, 4) is 5.75 Å². The molecule has 0 spiro atoms. The van der Waals surface area contributed by atoms with Crippen LogP contribution in [0.25, 0.3) is 0 Å². The van der Waals surface area contributed by atoms with Gasteiger partial charge in [0.15, 0.2) is 9.84 Å². The maximum atomic E-state index is 11.4. The number of fused-ring (bicyclic) bond motifs is 1. The quantitative estimate of drug-likeness (QED) is 0.895. The van der Waals surface area contributed by atoms with Gasteiger partial charge in [-0.1, -0.05) is 6.07 Å². The number of aliphatic hydroxyl groups is 1. The second-order valence-electron chi connectivity index (χ2n) is 5.41. The molecule has 1 saturated heterocycles. The number of aliphatic hydroxyl groups excluding tert-OH is 1. The van der Waals surface area contributed by atoms with E-state index in [1.54, 1.807) is 0 Å². The Balaban J connectivity index is 1.77. The van der Waals surface area contributed by atoms with E-state index in [9.17, 15) is 13.5 Å². The monoisotopic (exact) mass is 282 g/mol. The maximum absolute atomic E-state index is 11.4. The number of benzene rings is 1. The van der Waals surface area contributed by atoms with Crippen LogP contribution in [0.2, 0.25) is 0 Å². The molecule has 2 aliphatic rings. The third-order valence-corrected chi connectivity index (χ3v) is 5.63. The zero-order valence-corrected chi connectivity index (χ0v) is 11.5. The molecule has 2 atom stereocenters. The Morgan fingerprint density at radius 1 is 1.26 bits per heavy atom. The molecular weight excluding hydrogens is 264 g/mol. The molecule has 1 fully saturated rings. The lowest BCUT2D eigenvalue weighted by Gasteiger charge is -2.22. The molecule has 1 aromatic rings. The molecule has 1 unspecified atom stereocenters. The van der Waals surface area contributed by atoms with Crippen LogP contribution in [0.3, 0.4) is 0 Å². The van der Waals surface area contributed by atoms with Crippen LogP contribution < -0.4 is 4.74 Å². The van der Waals surface area contributed by atoms with Crippen LogP contribution in [0.1, 0.15) is 36.5 Å². The van der Waals surface area contributed by atoms with Crippen LogP contribution in [-0.2, 0) is 16.3 Å². The number of hydrogen-bond acceptors (Lipinski definition) is 4. The predicted octanol–water partition coefficient (Wildman–Crippen LogP) is 1.62. The number of rotatable bonds is 2. The Kier molecular flexibility index (Phi) is 3.27. The van der Waals surface area contributed by atoms with Crippen LogP contribution >= 0.6 is 0 Å². The van der Waals surface area contributed by atoms with Crippen LogP contribution in [0.4, 0.5) is 0 Å². The topological polar surface area (TPSA) is 63.6 Å². The molecule has 0 amide bonds. The maximum Gasteiger partial charge on any atom is 0.154 e. The Morgan fingerprint density at radius 3 is 2.84 bits per heavy atom. The van der Waals surface area contributed by atoms with E-state index in [0.29, 0.717) is 12.2 Å². The molecule has 0 aromatic heterocycles. The molecular formula is C14H18O4S. The van der Waals surface area contributed by atoms with Crippen molar-refractivity contribution in [1.82, 2.24) is 0 Å². The average molecular weight is 282 g/mol. The highest BCUT2D eigenvalue weighted by Gasteiger charge is 2.29. The van der Waals surface area contributed by atoms with Crippen LogP contribution in [0.15, 0.2) is 18.2 Å². The average Bonchev–Trinajstić information content (AvgIpc) is 2.70. The summed E-state index contributed by atoms with van der Waals surface area (Å²) in [4.78, 5) is 0. The van der Waals surface area contributed by atoms with Gasteiger partial charge in [-0.25, -0.2) is 8.42 Å². The Morgan fingerprint density at radius 2 is 2.11 bits per heavy atom. The lowest BCUT2D eigenvalue weighted by atomic mass is 9.89. The zero-order valence-electron chi connectivity index (χ0n) is 10.7. The number of aryl methyl sites for hydroxylation is 1. The van der Waals surface area contributed by atoms with Crippen LogP contribution in [0, 0.1) is 0 Å². The summed E-state index contributed by atoms with van der Waals surface area (Å²) in [5.41, 5.74) is 2.11. The lowest BCUT2D eigenvalue weighted by molar-refractivity contribution is 0.155. The van der Waals surface area contributed by atoms with Gasteiger partial charge in [0.2, 0.25) is 0 Å². The molecule has 0 bridgehead atoms. The van der Waals surface area contributed by atoms with Gasteiger partial charge < -0.3 is 9.84 Å². The lowest BCUT2D eigenvalue weighted by Crippen LogP contribution is -2.18. The fourth-order valence-electron chi connectivity index (χ4n) is 2.87. The van der Waals surface area contributed by atoms with Gasteiger partial charge in [0.05, 0.1) is 17.6 Å². The number of hydrogen-bond donors (Lipinski definition) is 1. The van der Waals surface area contributed by atoms with Crippen molar-refractivity contribution in [2.24, 2.45) is 0 Å². The van der Waals surface area contributed by atoms with Crippen molar-refractivity contribution < 1.29 is 18.3 Å². The van der Waals surface area contributed by atoms with E-state index in [1.165, 1.54) is 5.56 Å². The number of sulfone groups is 1. The summed E-state index contributed by atoms with van der Waals surface area (Å²) in [6, 6.07) is 5.72. The second kappa shape index (κ2) is 4.80. The fourth-order valence-corrected chi connectivity index (χ4v) is 4.46. The molecule has 19 heavy (non-hydrogen) atoms. The van der Waals surface area contributed by atoms with Gasteiger partial charge in [-0.3, -0.25) is 0 Å². The first-order valence-corrected chi connectivity index (χ1v) is 8.54. The van der Waals surface area contributed by atoms with Crippen molar-refractivity contribution >= 4 is 9.84 Å². The molecule has 1 heterocycles. The third kappa shape index (κ3) is 2.77. The van der Waals surface area contributed by atoms with Gasteiger partial charge >= 0.3 is 0 Å². The molecule has 1 aliphatic carbocycles. The van der Waals surface area contributed by atoms with E-state index in [2.05, 4.69) is 0 Å². The molecule has 5 heteroatoms. The van der Waals surface area contributed by atoms with Gasteiger partial charge in [0.1, 0.15) is 11.9 Å². The van der Waals surface area contributed by atoms with E-state index >= 15 is 0 Å². The number of ether oxygens (including phenoxy) is 1. The van der Waals surface area contributed by atoms with Gasteiger partial charge in [0.25, 0.3) is 0 Å². The van der Waals surface area contributed by atoms with Crippen molar-refractivity contribution in [2.75, 3.05) is 11.5 Å². The summed E-state index contributed by atoms with van der Waals surface area (Å²) in [7, 11) is -2.92. The molecule has 1 aromatic carbocycles. The zero-order chi connectivity index (χ0) is 13.5. The Bertz CT molecular complexity index is 579. The van der Waals surface area contributed by atoms with Crippen molar-refractivity contribution in [1.29, 1.82) is 0 Å². The van der Waals surface area contributed by atoms with Gasteiger partial charge in [-0.05, 0) is 48.9 Å². The molecule has 4 nitrogen and oxygen atoms in total. The standard InChI is InChI=1S/C14H18O4S/c15-14-3-1-2-10-4-5-11(8-13(10)14)18-12-6-7-19(16,17)9-12/h4-5,8,12,14-15H,1-3,6-7,9H2/t12?,14-/m1/s1. The van der Waals surface area contributed by atoms with E-state index < -0.39 is 15.9 Å². The highest BCUT2D eigenvalue weighted by molar-refractivity contribution is 7.91. The Hall–Kier alpha value is -1.07. The second-order valence-corrected chi connectivity index (χ2v) is 7.64. The molecule has 1 N–H and O–H groups in total. The molecule has 0 saturated carbocycles. The van der Waals surface area contributed by atoms with Crippen molar-refractivity contribution in [2.45, 2.75) is 37.9 Å². The first kappa shape index (κ1) is 12.9. The molecule has 0 radical (unpaired) electrons. The summed E-state index contributed by atoms with van der Waals surface area (Å²) in [6.45, 7) is 0. The third-order valence-electron chi connectivity index (χ3n) is 3.89. The smallest absolute Gasteiger partial charge is 0.154 e. The predicted molar refractivity (Wildman–Crippen MR) is 72.0 cm³/mol. The minimum atomic E-state index is -2.92. The van der Waals surface area contributed by atoms with E-state index in [4.69, 9.17) is 4.74 Å². The normalized spacial score (nSPS) is 28.9. The Labute approximate surface area is 113 Å². The van der Waals surface area contributed by atoms with E-state index in [0.717, 1.165) is 24.8 Å². The first-order chi connectivity index (χ1) is 9.03. The highest BCUT2D eigenvalue weighted by Crippen LogP contribution is 2.33. The van der Waals surface area contributed by atoms with Crippen LogP contribution in [0.5, 0.6) is 5.75 Å². The van der Waals surface area contributed by atoms with E-state index in [-0.39, 0.29) is 17.6 Å². The molecule has 104 valence electrons. The minimum absolute atomic E-state index is 0.104. The molecule has 1 aliphatic heterocycles. The van der Waals surface area contributed by atoms with Gasteiger partial charge in [-0.2, -0.15) is 0 Å². The summed E-state index contributed by atoms with van der Waals surface area (Å²) >= 11 is 0. The van der Waals surface area contributed by atoms with Crippen molar-refractivity contribution in [3.63, 3.8) is 0 Å². The van der Waals surface area contributed by atoms with Gasteiger partial charge in [-0.15, -0.1) is 0 Å². The summed E-state index contributed by atoms with van der Waals surface area (Å²) < 4.78 is 28.5. The largest absolute Gasteiger partial charge is 0.489 e. The fraction of sp³-hybridized carbons (Fsp3) is 0.571. The van der Waals surface area contributed by atoms with Crippen molar-refractivity contribution in [3.05, 3.63) is 29.3 Å². The van der Waals surface area contributed by atoms with Crippen LogP contribution in [-0.4, -0.2) is 31.1 Å². The summed E-state index contributed by atoms with van der Waals surface area (Å²) in [5, 5.41) is 9.98.